The summed E-state index contributed by atoms with van der Waals surface area (Å²) in [4.78, 5) is 27.1. The van der Waals surface area contributed by atoms with E-state index in [1.54, 1.807) is 16.8 Å². The van der Waals surface area contributed by atoms with Crippen molar-refractivity contribution in [2.75, 3.05) is 5.32 Å². The number of nitrogens with zero attached hydrogens (tertiary/aromatic N) is 3. The lowest BCUT2D eigenvalue weighted by molar-refractivity contribution is 0.102. The first-order valence-corrected chi connectivity index (χ1v) is 8.25. The summed E-state index contributed by atoms with van der Waals surface area (Å²) in [5.41, 5.74) is 1.41. The molecule has 2 heterocycles. The molecule has 1 aromatic carbocycles. The van der Waals surface area contributed by atoms with Gasteiger partial charge in [0.05, 0.1) is 0 Å². The molecule has 0 spiro atoms. The molecule has 0 aliphatic heterocycles. The van der Waals surface area contributed by atoms with Gasteiger partial charge in [-0.25, -0.2) is 4.68 Å². The Morgan fingerprint density at radius 1 is 1.32 bits per heavy atom. The van der Waals surface area contributed by atoms with Crippen molar-refractivity contribution >= 4 is 23.8 Å². The maximum atomic E-state index is 12.4. The zero-order chi connectivity index (χ0) is 17.8. The van der Waals surface area contributed by atoms with E-state index < -0.39 is 0 Å². The predicted molar refractivity (Wildman–Crippen MR) is 97.7 cm³/mol. The SMILES string of the molecule is CCCn1nc(C(=O)Nc2cccc(-n3cc[nH]c3=S)c2)ccc1=O. The van der Waals surface area contributed by atoms with Gasteiger partial charge in [0.15, 0.2) is 4.77 Å². The molecule has 0 aliphatic rings. The van der Waals surface area contributed by atoms with Crippen LogP contribution in [-0.2, 0) is 6.54 Å². The summed E-state index contributed by atoms with van der Waals surface area (Å²) < 4.78 is 3.66. The Kier molecular flexibility index (Phi) is 4.90. The van der Waals surface area contributed by atoms with Crippen LogP contribution in [-0.4, -0.2) is 25.2 Å². The monoisotopic (exact) mass is 355 g/mol. The van der Waals surface area contributed by atoms with Crippen molar-refractivity contribution in [3.05, 3.63) is 69.6 Å². The first-order chi connectivity index (χ1) is 12.1. The zero-order valence-corrected chi connectivity index (χ0v) is 14.4. The summed E-state index contributed by atoms with van der Waals surface area (Å²) in [6.45, 7) is 2.42. The lowest BCUT2D eigenvalue weighted by Crippen LogP contribution is -2.26. The van der Waals surface area contributed by atoms with E-state index in [9.17, 15) is 9.59 Å². The van der Waals surface area contributed by atoms with Crippen molar-refractivity contribution in [3.63, 3.8) is 0 Å². The predicted octanol–water partition coefficient (Wildman–Crippen LogP) is 2.75. The molecule has 0 bridgehead atoms. The van der Waals surface area contributed by atoms with Crippen molar-refractivity contribution in [2.24, 2.45) is 0 Å². The number of nitrogens with one attached hydrogen (secondary N) is 2. The highest BCUT2D eigenvalue weighted by Crippen LogP contribution is 2.15. The highest BCUT2D eigenvalue weighted by molar-refractivity contribution is 7.71. The number of aryl methyl sites for hydroxylation is 1. The molecule has 0 saturated heterocycles. The molecule has 2 N–H and O–H groups in total. The van der Waals surface area contributed by atoms with Gasteiger partial charge in [-0.2, -0.15) is 5.10 Å². The van der Waals surface area contributed by atoms with Crippen LogP contribution in [0, 0.1) is 4.77 Å². The van der Waals surface area contributed by atoms with E-state index in [-0.39, 0.29) is 17.2 Å². The standard InChI is InChI=1S/C17H17N5O2S/c1-2-9-22-15(23)7-6-14(20-22)16(24)19-12-4-3-5-13(11-12)21-10-8-18-17(21)25/h3-8,10-11H,2,9H2,1H3,(H,18,25)(H,19,24). The number of carbonyl (C=O) groups is 1. The van der Waals surface area contributed by atoms with Crippen molar-refractivity contribution < 1.29 is 4.79 Å². The summed E-state index contributed by atoms with van der Waals surface area (Å²) in [7, 11) is 0. The number of rotatable bonds is 5. The molecule has 0 atom stereocenters. The van der Waals surface area contributed by atoms with Crippen LogP contribution in [0.3, 0.4) is 0 Å². The van der Waals surface area contributed by atoms with Crippen molar-refractivity contribution in [2.45, 2.75) is 19.9 Å². The highest BCUT2D eigenvalue weighted by Gasteiger charge is 2.10. The van der Waals surface area contributed by atoms with Gasteiger partial charge in [0.1, 0.15) is 5.69 Å². The van der Waals surface area contributed by atoms with Crippen molar-refractivity contribution in [3.8, 4) is 5.69 Å². The molecule has 25 heavy (non-hydrogen) atoms. The molecule has 128 valence electrons. The molecule has 0 radical (unpaired) electrons. The van der Waals surface area contributed by atoms with Gasteiger partial charge in [0.2, 0.25) is 0 Å². The molecular weight excluding hydrogens is 338 g/mol. The second kappa shape index (κ2) is 7.27. The summed E-state index contributed by atoms with van der Waals surface area (Å²) in [5.74, 6) is -0.375. The van der Waals surface area contributed by atoms with Crippen molar-refractivity contribution in [1.82, 2.24) is 19.3 Å². The van der Waals surface area contributed by atoms with E-state index in [4.69, 9.17) is 12.2 Å². The fourth-order valence-corrected chi connectivity index (χ4v) is 2.63. The minimum Gasteiger partial charge on any atom is -0.337 e. The van der Waals surface area contributed by atoms with Crippen LogP contribution in [0.5, 0.6) is 0 Å². The molecule has 2 aromatic heterocycles. The van der Waals surface area contributed by atoms with E-state index >= 15 is 0 Å². The van der Waals surface area contributed by atoms with E-state index in [0.717, 1.165) is 12.1 Å². The van der Waals surface area contributed by atoms with Gasteiger partial charge >= 0.3 is 0 Å². The van der Waals surface area contributed by atoms with Crippen LogP contribution in [0.4, 0.5) is 5.69 Å². The average molecular weight is 355 g/mol. The van der Waals surface area contributed by atoms with Crippen molar-refractivity contribution in [1.29, 1.82) is 0 Å². The molecule has 0 unspecified atom stereocenters. The van der Waals surface area contributed by atoms with Crippen LogP contribution < -0.4 is 10.9 Å². The van der Waals surface area contributed by atoms with E-state index in [0.29, 0.717) is 17.0 Å². The topological polar surface area (TPSA) is 84.7 Å². The minimum absolute atomic E-state index is 0.191. The quantitative estimate of drug-likeness (QED) is 0.689. The maximum Gasteiger partial charge on any atom is 0.276 e. The molecular formula is C17H17N5O2S. The van der Waals surface area contributed by atoms with Crippen LogP contribution >= 0.6 is 12.2 Å². The Morgan fingerprint density at radius 3 is 2.88 bits per heavy atom. The summed E-state index contributed by atoms with van der Waals surface area (Å²) in [6.07, 6.45) is 4.32. The Morgan fingerprint density at radius 2 is 2.16 bits per heavy atom. The Hall–Kier alpha value is -3.00. The molecule has 1 amide bonds. The third-order valence-corrected chi connectivity index (χ3v) is 3.88. The number of aromatic nitrogens is 4. The van der Waals surface area contributed by atoms with Gasteiger partial charge in [-0.3, -0.25) is 14.2 Å². The number of benzene rings is 1. The molecule has 7 nitrogen and oxygen atoms in total. The molecule has 0 aliphatic carbocycles. The summed E-state index contributed by atoms with van der Waals surface area (Å²) in [6, 6.07) is 10.1. The lowest BCUT2D eigenvalue weighted by Gasteiger charge is -2.09. The Labute approximate surface area is 148 Å². The number of anilines is 1. The lowest BCUT2D eigenvalue weighted by atomic mass is 10.2. The normalized spacial score (nSPS) is 10.6. The van der Waals surface area contributed by atoms with Gasteiger partial charge in [-0.15, -0.1) is 0 Å². The summed E-state index contributed by atoms with van der Waals surface area (Å²) in [5, 5.41) is 6.90. The molecule has 0 saturated carbocycles. The number of hydrogen-bond donors (Lipinski definition) is 2. The van der Waals surface area contributed by atoms with Crippen LogP contribution in [0.25, 0.3) is 5.69 Å². The average Bonchev–Trinajstić information content (AvgIpc) is 3.03. The number of amides is 1. The highest BCUT2D eigenvalue weighted by atomic mass is 32.1. The zero-order valence-electron chi connectivity index (χ0n) is 13.6. The first kappa shape index (κ1) is 16.8. The number of imidazole rings is 1. The number of H-pyrrole nitrogens is 1. The van der Waals surface area contributed by atoms with E-state index in [1.165, 1.54) is 16.8 Å². The molecule has 8 heteroatoms. The largest absolute Gasteiger partial charge is 0.337 e. The van der Waals surface area contributed by atoms with Gasteiger partial charge in [0, 0.05) is 36.4 Å². The smallest absolute Gasteiger partial charge is 0.276 e. The van der Waals surface area contributed by atoms with Crippen LogP contribution in [0.2, 0.25) is 0 Å². The second-order valence-corrected chi connectivity index (χ2v) is 5.81. The third-order valence-electron chi connectivity index (χ3n) is 3.57. The number of carbonyl (C=O) groups excluding carboxylic acids is 1. The van der Waals surface area contributed by atoms with Crippen LogP contribution in [0.1, 0.15) is 23.8 Å². The minimum atomic E-state index is -0.375. The van der Waals surface area contributed by atoms with E-state index in [1.807, 2.05) is 31.3 Å². The number of aromatic amines is 1. The Bertz CT molecular complexity index is 1020. The summed E-state index contributed by atoms with van der Waals surface area (Å²) >= 11 is 5.20. The van der Waals surface area contributed by atoms with Gasteiger partial charge in [-0.05, 0) is 42.9 Å². The maximum absolute atomic E-state index is 12.4. The van der Waals surface area contributed by atoms with Gasteiger partial charge < -0.3 is 10.3 Å². The molecule has 3 aromatic rings. The fraction of sp³-hybridized carbons (Fsp3) is 0.176. The van der Waals surface area contributed by atoms with Gasteiger partial charge in [-0.1, -0.05) is 13.0 Å². The van der Waals surface area contributed by atoms with Crippen LogP contribution in [0.15, 0.2) is 53.6 Å². The molecule has 3 rings (SSSR count). The second-order valence-electron chi connectivity index (χ2n) is 5.42. The Balaban J connectivity index is 1.84. The molecule has 0 fully saturated rings. The third kappa shape index (κ3) is 3.74. The van der Waals surface area contributed by atoms with Gasteiger partial charge in [0.25, 0.3) is 11.5 Å². The first-order valence-electron chi connectivity index (χ1n) is 7.84. The fourth-order valence-electron chi connectivity index (χ4n) is 2.39. The number of hydrogen-bond acceptors (Lipinski definition) is 4. The van der Waals surface area contributed by atoms with E-state index in [2.05, 4.69) is 15.4 Å².